The molecule has 0 saturated carbocycles. The molecule has 0 aromatic carbocycles. The monoisotopic (exact) mass is 204 g/mol. The average molecular weight is 205 g/mol. The van der Waals surface area contributed by atoms with Gasteiger partial charge in [0, 0.05) is 0 Å². The highest BCUT2D eigenvalue weighted by Gasteiger charge is 2.14. The lowest BCUT2D eigenvalue weighted by atomic mass is 10.5. The number of nitrogens with zero attached hydrogens (tertiary/aromatic N) is 3. The first kappa shape index (κ1) is 8.31. The molecule has 0 aliphatic rings. The summed E-state index contributed by atoms with van der Waals surface area (Å²) < 4.78 is 24.3. The fourth-order valence-electron chi connectivity index (χ4n) is 0.944. The third kappa shape index (κ3) is 1.33. The minimum absolute atomic E-state index is 0.0145. The fraction of sp³-hybridized carbons (Fsp3) is 0.167. The molecule has 68 valence electrons. The summed E-state index contributed by atoms with van der Waals surface area (Å²) in [7, 11) is 0. The lowest BCUT2D eigenvalue weighted by Crippen LogP contribution is -1.85. The Kier molecular flexibility index (Phi) is 1.84. The second-order valence-electron chi connectivity index (χ2n) is 2.32. The van der Waals surface area contributed by atoms with Crippen LogP contribution in [0.25, 0.3) is 11.0 Å². The number of alkyl halides is 2. The number of H-pyrrole nitrogens is 1. The summed E-state index contributed by atoms with van der Waals surface area (Å²) in [4.78, 5) is 5.96. The van der Waals surface area contributed by atoms with Crippen LogP contribution in [0, 0.1) is 0 Å². The van der Waals surface area contributed by atoms with Gasteiger partial charge in [-0.05, 0) is 0 Å². The first-order chi connectivity index (χ1) is 6.18. The maximum Gasteiger partial charge on any atom is 0.295 e. The second-order valence-corrected chi connectivity index (χ2v) is 2.68. The van der Waals surface area contributed by atoms with Crippen LogP contribution in [-0.4, -0.2) is 20.2 Å². The molecule has 0 bridgehead atoms. The number of imidazole rings is 1. The molecule has 0 aliphatic heterocycles. The maximum atomic E-state index is 12.2. The third-order valence-corrected chi connectivity index (χ3v) is 1.74. The smallest absolute Gasteiger partial charge is 0.295 e. The normalized spacial score (nSPS) is 11.4. The van der Waals surface area contributed by atoms with E-state index in [0.717, 1.165) is 0 Å². The van der Waals surface area contributed by atoms with Crippen molar-refractivity contribution < 1.29 is 8.78 Å². The summed E-state index contributed by atoms with van der Waals surface area (Å²) >= 11 is 5.57. The van der Waals surface area contributed by atoms with Crippen LogP contribution in [0.15, 0.2) is 6.20 Å². The van der Waals surface area contributed by atoms with Crippen molar-refractivity contribution in [3.63, 3.8) is 0 Å². The van der Waals surface area contributed by atoms with Gasteiger partial charge in [0.1, 0.15) is 5.52 Å². The van der Waals surface area contributed by atoms with Crippen LogP contribution in [0.4, 0.5) is 8.78 Å². The average Bonchev–Trinajstić information content (AvgIpc) is 2.49. The number of hydrogen-bond acceptors (Lipinski definition) is 3. The maximum absolute atomic E-state index is 12.2. The Hall–Kier alpha value is -1.30. The molecule has 13 heavy (non-hydrogen) atoms. The molecule has 1 N–H and O–H groups in total. The Morgan fingerprint density at radius 1 is 1.46 bits per heavy atom. The molecule has 0 saturated heterocycles. The Morgan fingerprint density at radius 3 is 2.85 bits per heavy atom. The molecular formula is C6H3ClF2N4. The number of hydrogen-bond donors (Lipinski definition) is 1. The number of aromatic nitrogens is 4. The van der Waals surface area contributed by atoms with E-state index in [-0.39, 0.29) is 10.7 Å². The van der Waals surface area contributed by atoms with Crippen LogP contribution in [-0.2, 0) is 0 Å². The van der Waals surface area contributed by atoms with Crippen LogP contribution >= 0.6 is 11.6 Å². The van der Waals surface area contributed by atoms with Gasteiger partial charge in [0.25, 0.3) is 6.43 Å². The molecule has 7 heteroatoms. The molecule has 0 unspecified atom stereocenters. The van der Waals surface area contributed by atoms with Gasteiger partial charge in [0.2, 0.25) is 0 Å². The molecule has 0 radical (unpaired) electrons. The van der Waals surface area contributed by atoms with Crippen molar-refractivity contribution in [2.24, 2.45) is 0 Å². The number of nitrogens with one attached hydrogen (secondary N) is 1. The third-order valence-electron chi connectivity index (χ3n) is 1.48. The molecule has 4 nitrogen and oxygen atoms in total. The zero-order chi connectivity index (χ0) is 9.42. The molecule has 0 spiro atoms. The highest BCUT2D eigenvalue weighted by molar-refractivity contribution is 6.33. The first-order valence-electron chi connectivity index (χ1n) is 3.33. The summed E-state index contributed by atoms with van der Waals surface area (Å²) in [5.41, 5.74) is 0.572. The van der Waals surface area contributed by atoms with E-state index >= 15 is 0 Å². The predicted octanol–water partition coefficient (Wildman–Crippen LogP) is 1.94. The van der Waals surface area contributed by atoms with Gasteiger partial charge >= 0.3 is 0 Å². The number of aromatic amines is 1. The van der Waals surface area contributed by atoms with Gasteiger partial charge in [0.15, 0.2) is 11.0 Å². The van der Waals surface area contributed by atoms with Crippen molar-refractivity contribution in [3.05, 3.63) is 17.2 Å². The van der Waals surface area contributed by atoms with Crippen molar-refractivity contribution in [2.45, 2.75) is 6.43 Å². The zero-order valence-electron chi connectivity index (χ0n) is 6.13. The van der Waals surface area contributed by atoms with Gasteiger partial charge in [-0.1, -0.05) is 11.6 Å². The van der Waals surface area contributed by atoms with Crippen LogP contribution in [0.1, 0.15) is 12.2 Å². The van der Waals surface area contributed by atoms with E-state index in [1.807, 2.05) is 0 Å². The van der Waals surface area contributed by atoms with Gasteiger partial charge in [-0.2, -0.15) is 5.10 Å². The Balaban J connectivity index is 2.68. The SMILES string of the molecule is FC(F)c1nc2c(Cl)nncc2[nH]1. The largest absolute Gasteiger partial charge is 0.336 e. The number of fused-ring (bicyclic) bond motifs is 1. The topological polar surface area (TPSA) is 54.5 Å². The molecule has 2 rings (SSSR count). The summed E-state index contributed by atoms with van der Waals surface area (Å²) in [5, 5.41) is 6.97. The number of halogens is 3. The van der Waals surface area contributed by atoms with Crippen LogP contribution in [0.3, 0.4) is 0 Å². The van der Waals surface area contributed by atoms with Crippen LogP contribution in [0.2, 0.25) is 5.15 Å². The minimum atomic E-state index is -2.65. The Labute approximate surface area is 75.9 Å². The van der Waals surface area contributed by atoms with E-state index in [0.29, 0.717) is 5.52 Å². The van der Waals surface area contributed by atoms with E-state index in [1.165, 1.54) is 6.20 Å². The predicted molar refractivity (Wildman–Crippen MR) is 41.7 cm³/mol. The van der Waals surface area contributed by atoms with Crippen LogP contribution < -0.4 is 0 Å². The van der Waals surface area contributed by atoms with E-state index < -0.39 is 12.2 Å². The second kappa shape index (κ2) is 2.88. The summed E-state index contributed by atoms with van der Waals surface area (Å²) in [6.07, 6.45) is -1.36. The van der Waals surface area contributed by atoms with E-state index in [4.69, 9.17) is 11.6 Å². The van der Waals surface area contributed by atoms with Gasteiger partial charge in [0.05, 0.1) is 11.7 Å². The summed E-state index contributed by atoms with van der Waals surface area (Å²) in [5.74, 6) is -0.424. The molecule has 0 atom stereocenters. The quantitative estimate of drug-likeness (QED) is 0.772. The molecule has 2 aromatic heterocycles. The molecule has 0 amide bonds. The fourth-order valence-corrected chi connectivity index (χ4v) is 1.13. The van der Waals surface area contributed by atoms with Gasteiger partial charge in [-0.15, -0.1) is 5.10 Å². The Bertz CT molecular complexity index is 441. The summed E-state index contributed by atoms with van der Waals surface area (Å²) in [6, 6.07) is 0. The van der Waals surface area contributed by atoms with Crippen molar-refractivity contribution in [1.82, 2.24) is 20.2 Å². The minimum Gasteiger partial charge on any atom is -0.336 e. The molecular weight excluding hydrogens is 202 g/mol. The van der Waals surface area contributed by atoms with Crippen molar-refractivity contribution in [3.8, 4) is 0 Å². The van der Waals surface area contributed by atoms with Gasteiger partial charge in [-0.3, -0.25) is 0 Å². The van der Waals surface area contributed by atoms with E-state index in [2.05, 4.69) is 20.2 Å². The van der Waals surface area contributed by atoms with Gasteiger partial charge in [-0.25, -0.2) is 13.8 Å². The van der Waals surface area contributed by atoms with Crippen molar-refractivity contribution >= 4 is 22.6 Å². The first-order valence-corrected chi connectivity index (χ1v) is 3.71. The molecule has 0 aliphatic carbocycles. The molecule has 2 aromatic rings. The van der Waals surface area contributed by atoms with Crippen molar-refractivity contribution in [2.75, 3.05) is 0 Å². The standard InChI is InChI=1S/C6H3ClF2N4/c7-4-3-2(1-10-13-4)11-6(12-3)5(8)9/h1,5H,(H,11,12). The van der Waals surface area contributed by atoms with E-state index in [1.54, 1.807) is 0 Å². The molecule has 0 fully saturated rings. The van der Waals surface area contributed by atoms with Gasteiger partial charge < -0.3 is 4.98 Å². The molecule has 2 heterocycles. The van der Waals surface area contributed by atoms with Crippen molar-refractivity contribution in [1.29, 1.82) is 0 Å². The lowest BCUT2D eigenvalue weighted by Gasteiger charge is -1.87. The zero-order valence-corrected chi connectivity index (χ0v) is 6.89. The number of rotatable bonds is 1. The lowest BCUT2D eigenvalue weighted by molar-refractivity contribution is 0.142. The highest BCUT2D eigenvalue weighted by Crippen LogP contribution is 2.22. The van der Waals surface area contributed by atoms with Crippen LogP contribution in [0.5, 0.6) is 0 Å². The highest BCUT2D eigenvalue weighted by atomic mass is 35.5. The summed E-state index contributed by atoms with van der Waals surface area (Å²) in [6.45, 7) is 0. The van der Waals surface area contributed by atoms with E-state index in [9.17, 15) is 8.78 Å². The Morgan fingerprint density at radius 2 is 2.23 bits per heavy atom.